The average molecular weight is 594 g/mol. The Hall–Kier alpha value is -1.51. The van der Waals surface area contributed by atoms with Crippen molar-refractivity contribution in [1.82, 2.24) is 4.90 Å². The van der Waals surface area contributed by atoms with E-state index in [0.29, 0.717) is 28.8 Å². The molecule has 0 spiro atoms. The van der Waals surface area contributed by atoms with E-state index in [2.05, 4.69) is 4.90 Å². The number of halogens is 2. The Balaban J connectivity index is 0.00000277. The highest BCUT2D eigenvalue weighted by Gasteiger charge is 2.54. The summed E-state index contributed by atoms with van der Waals surface area (Å²) < 4.78 is 35.3. The van der Waals surface area contributed by atoms with Gasteiger partial charge in [-0.05, 0) is 124 Å². The van der Waals surface area contributed by atoms with Gasteiger partial charge in [-0.3, -0.25) is 4.31 Å². The summed E-state index contributed by atoms with van der Waals surface area (Å²) in [5.41, 5.74) is 0.712. The molecule has 6 nitrogen and oxygen atoms in total. The number of fused-ring (bicyclic) bond motifs is 2. The van der Waals surface area contributed by atoms with Crippen LogP contribution in [0.25, 0.3) is 0 Å². The number of benzene rings is 2. The van der Waals surface area contributed by atoms with Crippen LogP contribution in [0.1, 0.15) is 51.4 Å². The lowest BCUT2D eigenvalue weighted by Gasteiger charge is -2.59. The molecule has 2 aromatic carbocycles. The van der Waals surface area contributed by atoms with Crippen molar-refractivity contribution in [2.45, 2.75) is 62.4 Å². The summed E-state index contributed by atoms with van der Waals surface area (Å²) >= 11 is 6.20. The third-order valence-electron chi connectivity index (χ3n) is 10.2. The highest BCUT2D eigenvalue weighted by Crippen LogP contribution is 2.61. The molecule has 4 bridgehead atoms. The number of aliphatic hydroxyl groups excluding tert-OH is 1. The summed E-state index contributed by atoms with van der Waals surface area (Å²) in [6.45, 7) is 2.94. The van der Waals surface area contributed by atoms with Crippen molar-refractivity contribution in [3.8, 4) is 11.5 Å². The maximum atomic E-state index is 13.9. The van der Waals surface area contributed by atoms with Crippen molar-refractivity contribution in [3.63, 3.8) is 0 Å². The lowest BCUT2D eigenvalue weighted by atomic mass is 9.48. The van der Waals surface area contributed by atoms with E-state index in [0.717, 1.165) is 50.2 Å². The van der Waals surface area contributed by atoms with Crippen LogP contribution >= 0.6 is 24.0 Å². The van der Waals surface area contributed by atoms with E-state index < -0.39 is 10.0 Å². The Morgan fingerprint density at radius 1 is 0.974 bits per heavy atom. The van der Waals surface area contributed by atoms with E-state index in [9.17, 15) is 13.5 Å². The highest BCUT2D eigenvalue weighted by atomic mass is 35.5. The summed E-state index contributed by atoms with van der Waals surface area (Å²) in [7, 11) is -3.84. The van der Waals surface area contributed by atoms with Gasteiger partial charge < -0.3 is 14.7 Å². The van der Waals surface area contributed by atoms with Gasteiger partial charge in [-0.2, -0.15) is 0 Å². The minimum atomic E-state index is -3.84. The van der Waals surface area contributed by atoms with Crippen LogP contribution in [0.2, 0.25) is 5.02 Å². The number of anilines is 1. The molecule has 2 heterocycles. The topological polar surface area (TPSA) is 70.1 Å². The predicted molar refractivity (Wildman–Crippen MR) is 156 cm³/mol. The third kappa shape index (κ3) is 4.97. The number of rotatable bonds is 5. The summed E-state index contributed by atoms with van der Waals surface area (Å²) in [5.74, 6) is 3.58. The maximum Gasteiger partial charge on any atom is 0.268 e. The van der Waals surface area contributed by atoms with Gasteiger partial charge in [0.2, 0.25) is 0 Å². The molecular weight excluding hydrogens is 555 g/mol. The van der Waals surface area contributed by atoms with Crippen molar-refractivity contribution in [1.29, 1.82) is 0 Å². The standard InChI is InChI=1S/C30H37ClN2O4S.ClH/c31-24-5-6-27-28(14-24)38(35,36)33(25-3-1-2-4-26(25)37-27)18-20-7-9-32(10-8-20)19-29(34)30-15-21-11-22(16-30)13-23(12-21)17-30;/h1-6,14,20-23,29,34H,7-13,15-19H2;1H/t21?,22?,23?,29-,30?;/m0./s1. The summed E-state index contributed by atoms with van der Waals surface area (Å²) in [4.78, 5) is 2.53. The Kier molecular flexibility index (Phi) is 7.37. The fourth-order valence-electron chi connectivity index (χ4n) is 8.69. The number of para-hydroxylation sites is 2. The molecule has 5 fully saturated rings. The van der Waals surface area contributed by atoms with Gasteiger partial charge in [0.05, 0.1) is 11.8 Å². The van der Waals surface area contributed by atoms with Gasteiger partial charge in [0.1, 0.15) is 10.6 Å². The van der Waals surface area contributed by atoms with Gasteiger partial charge in [0.25, 0.3) is 10.0 Å². The molecule has 4 aliphatic carbocycles. The first-order valence-electron chi connectivity index (χ1n) is 14.3. The van der Waals surface area contributed by atoms with Crippen molar-refractivity contribution < 1.29 is 18.3 Å². The fourth-order valence-corrected chi connectivity index (χ4v) is 10.6. The lowest BCUT2D eigenvalue weighted by Crippen LogP contribution is -2.55. The zero-order chi connectivity index (χ0) is 26.1. The molecule has 1 N–H and O–H groups in total. The molecule has 39 heavy (non-hydrogen) atoms. The van der Waals surface area contributed by atoms with E-state index in [-0.39, 0.29) is 34.7 Å². The Morgan fingerprint density at radius 2 is 1.62 bits per heavy atom. The van der Waals surface area contributed by atoms with Crippen LogP contribution in [-0.2, 0) is 10.0 Å². The quantitative estimate of drug-likeness (QED) is 0.438. The van der Waals surface area contributed by atoms with Crippen molar-refractivity contribution in [2.75, 3.05) is 30.5 Å². The normalized spacial score (nSPS) is 31.9. The zero-order valence-electron chi connectivity index (χ0n) is 22.2. The van der Waals surface area contributed by atoms with Crippen LogP contribution in [0.15, 0.2) is 47.4 Å². The molecule has 4 saturated carbocycles. The molecule has 0 unspecified atom stereocenters. The van der Waals surface area contributed by atoms with Crippen LogP contribution in [0.5, 0.6) is 11.5 Å². The molecule has 1 saturated heterocycles. The van der Waals surface area contributed by atoms with Gasteiger partial charge in [-0.25, -0.2) is 8.42 Å². The van der Waals surface area contributed by atoms with E-state index in [1.54, 1.807) is 12.1 Å². The first-order chi connectivity index (χ1) is 18.3. The number of likely N-dealkylation sites (tertiary alicyclic amines) is 1. The maximum absolute atomic E-state index is 13.9. The SMILES string of the molecule is Cl.O=S1(=O)c2cc(Cl)ccc2Oc2ccccc2N1CC1CCN(C[C@H](O)C23CC4CC(CC(C4)C2)C3)CC1. The minimum Gasteiger partial charge on any atom is -0.454 e. The molecule has 9 heteroatoms. The molecule has 0 radical (unpaired) electrons. The summed E-state index contributed by atoms with van der Waals surface area (Å²) in [5, 5.41) is 11.8. The van der Waals surface area contributed by atoms with Crippen molar-refractivity contribution in [3.05, 3.63) is 47.5 Å². The van der Waals surface area contributed by atoms with Crippen LogP contribution in [0.3, 0.4) is 0 Å². The molecule has 6 aliphatic rings. The van der Waals surface area contributed by atoms with Gasteiger partial charge in [-0.15, -0.1) is 12.4 Å². The second kappa shape index (κ2) is 10.4. The van der Waals surface area contributed by atoms with Gasteiger partial charge in [0, 0.05) is 18.1 Å². The molecule has 0 aromatic heterocycles. The molecule has 8 rings (SSSR count). The molecule has 212 valence electrons. The summed E-state index contributed by atoms with van der Waals surface area (Å²) in [6.07, 6.45) is 9.40. The second-order valence-corrected chi connectivity index (χ2v) is 15.0. The van der Waals surface area contributed by atoms with Crippen LogP contribution in [-0.4, -0.2) is 50.7 Å². The predicted octanol–water partition coefficient (Wildman–Crippen LogP) is 6.35. The Labute approximate surface area is 243 Å². The molecular formula is C30H38Cl2N2O4S. The van der Waals surface area contributed by atoms with Crippen LogP contribution in [0.4, 0.5) is 5.69 Å². The van der Waals surface area contributed by atoms with E-state index in [4.69, 9.17) is 16.3 Å². The molecule has 1 atom stereocenters. The minimum absolute atomic E-state index is 0. The molecule has 2 aromatic rings. The van der Waals surface area contributed by atoms with E-state index in [1.807, 2.05) is 24.3 Å². The first kappa shape index (κ1) is 27.6. The highest BCUT2D eigenvalue weighted by molar-refractivity contribution is 7.93. The van der Waals surface area contributed by atoms with Crippen molar-refractivity contribution >= 4 is 39.7 Å². The largest absolute Gasteiger partial charge is 0.454 e. The molecule has 2 aliphatic heterocycles. The fraction of sp³-hybridized carbons (Fsp3) is 0.600. The first-order valence-corrected chi connectivity index (χ1v) is 16.1. The smallest absolute Gasteiger partial charge is 0.268 e. The number of piperidine rings is 1. The van der Waals surface area contributed by atoms with Crippen LogP contribution in [0, 0.1) is 29.1 Å². The summed E-state index contributed by atoms with van der Waals surface area (Å²) in [6, 6.07) is 12.1. The zero-order valence-corrected chi connectivity index (χ0v) is 24.6. The Morgan fingerprint density at radius 3 is 2.28 bits per heavy atom. The average Bonchev–Trinajstić information content (AvgIpc) is 2.97. The van der Waals surface area contributed by atoms with Gasteiger partial charge in [0.15, 0.2) is 5.75 Å². The monoisotopic (exact) mass is 592 g/mol. The van der Waals surface area contributed by atoms with Crippen LogP contribution < -0.4 is 9.04 Å². The third-order valence-corrected chi connectivity index (χ3v) is 12.2. The number of hydrogen-bond acceptors (Lipinski definition) is 5. The Bertz CT molecular complexity index is 1290. The second-order valence-electron chi connectivity index (χ2n) is 12.7. The number of aliphatic hydroxyl groups is 1. The lowest BCUT2D eigenvalue weighted by molar-refractivity contribution is -0.127. The van der Waals surface area contributed by atoms with E-state index >= 15 is 0 Å². The van der Waals surface area contributed by atoms with Crippen molar-refractivity contribution in [2.24, 2.45) is 29.1 Å². The molecule has 0 amide bonds. The number of nitrogens with zero attached hydrogens (tertiary/aromatic N) is 2. The number of hydrogen-bond donors (Lipinski definition) is 1. The number of ether oxygens (including phenoxy) is 1. The number of β-amino-alcohol motifs (C(OH)–C–C–N with tert-alkyl or cyclic N) is 1. The number of sulfonamides is 1. The van der Waals surface area contributed by atoms with Gasteiger partial charge >= 0.3 is 0 Å². The van der Waals surface area contributed by atoms with Gasteiger partial charge in [-0.1, -0.05) is 23.7 Å². The van der Waals surface area contributed by atoms with E-state index in [1.165, 1.54) is 48.9 Å².